The van der Waals surface area contributed by atoms with Crippen LogP contribution in [-0.4, -0.2) is 47.4 Å². The van der Waals surface area contributed by atoms with Gasteiger partial charge in [0, 0.05) is 31.8 Å². The van der Waals surface area contributed by atoms with Gasteiger partial charge in [0.15, 0.2) is 5.96 Å². The number of para-hydroxylation sites is 1. The summed E-state index contributed by atoms with van der Waals surface area (Å²) in [5.41, 5.74) is 8.67. The van der Waals surface area contributed by atoms with Crippen molar-refractivity contribution in [2.75, 3.05) is 26.7 Å². The first-order chi connectivity index (χ1) is 13.6. The van der Waals surface area contributed by atoms with E-state index in [1.54, 1.807) is 0 Å². The summed E-state index contributed by atoms with van der Waals surface area (Å²) in [6.45, 7) is 2.50. The number of halogens is 1. The molecule has 1 aromatic heterocycles. The van der Waals surface area contributed by atoms with Gasteiger partial charge in [-0.25, -0.2) is 0 Å². The van der Waals surface area contributed by atoms with Crippen LogP contribution < -0.4 is 15.8 Å². The standard InChI is InChI=1S/C21H30N6O.HI/c1-26-12-5-6-15(20(26)18-9-11-24-27(18)2)14-23-21(22)25-17-10-13-28-19-8-4-3-7-16(17)19;/h3-4,7-9,11,15,17,20H,5-6,10,12-14H2,1-2H3,(H3,22,23,25);1H/t15-,17?,20+;/m0./s1. The van der Waals surface area contributed by atoms with Crippen molar-refractivity contribution in [2.45, 2.75) is 31.3 Å². The van der Waals surface area contributed by atoms with Gasteiger partial charge < -0.3 is 15.8 Å². The fourth-order valence-electron chi connectivity index (χ4n) is 4.52. The number of aryl methyl sites for hydroxylation is 1. The molecule has 3 heterocycles. The molecule has 0 bridgehead atoms. The van der Waals surface area contributed by atoms with E-state index in [1.165, 1.54) is 12.1 Å². The molecule has 1 fully saturated rings. The second-order valence-corrected chi connectivity index (χ2v) is 7.81. The van der Waals surface area contributed by atoms with Crippen LogP contribution in [0.1, 0.15) is 42.6 Å². The number of nitrogens with zero attached hydrogens (tertiary/aromatic N) is 4. The number of aliphatic imine (C=N–C) groups is 1. The molecule has 7 nitrogen and oxygen atoms in total. The van der Waals surface area contributed by atoms with Crippen molar-refractivity contribution in [3.8, 4) is 5.75 Å². The predicted molar refractivity (Wildman–Crippen MR) is 126 cm³/mol. The number of nitrogens with one attached hydrogen (secondary N) is 1. The van der Waals surface area contributed by atoms with Gasteiger partial charge >= 0.3 is 0 Å². The number of hydrogen-bond donors (Lipinski definition) is 2. The number of likely N-dealkylation sites (tertiary alicyclic amines) is 1. The lowest BCUT2D eigenvalue weighted by atomic mass is 9.87. The summed E-state index contributed by atoms with van der Waals surface area (Å²) < 4.78 is 7.71. The molecule has 0 radical (unpaired) electrons. The number of aromatic nitrogens is 2. The Morgan fingerprint density at radius 2 is 2.10 bits per heavy atom. The monoisotopic (exact) mass is 510 g/mol. The van der Waals surface area contributed by atoms with Crippen LogP contribution in [0.15, 0.2) is 41.5 Å². The number of hydrogen-bond acceptors (Lipinski definition) is 4. The minimum absolute atomic E-state index is 0. The van der Waals surface area contributed by atoms with E-state index >= 15 is 0 Å². The fourth-order valence-corrected chi connectivity index (χ4v) is 4.52. The zero-order valence-corrected chi connectivity index (χ0v) is 19.5. The molecule has 29 heavy (non-hydrogen) atoms. The summed E-state index contributed by atoms with van der Waals surface area (Å²) in [7, 11) is 4.20. The second kappa shape index (κ2) is 9.80. The molecular weight excluding hydrogens is 479 g/mol. The lowest BCUT2D eigenvalue weighted by Gasteiger charge is -2.38. The van der Waals surface area contributed by atoms with Crippen molar-refractivity contribution in [3.63, 3.8) is 0 Å². The van der Waals surface area contributed by atoms with Crippen LogP contribution in [0.5, 0.6) is 5.75 Å². The first kappa shape index (κ1) is 21.9. The minimum atomic E-state index is 0. The molecule has 2 aromatic rings. The third-order valence-corrected chi connectivity index (χ3v) is 5.95. The molecule has 3 N–H and O–H groups in total. The van der Waals surface area contributed by atoms with Crippen LogP contribution in [0.3, 0.4) is 0 Å². The van der Waals surface area contributed by atoms with E-state index in [4.69, 9.17) is 15.5 Å². The Hall–Kier alpha value is -1.81. The number of piperidine rings is 1. The van der Waals surface area contributed by atoms with Crippen LogP contribution in [0, 0.1) is 5.92 Å². The Balaban J connectivity index is 0.00000240. The topological polar surface area (TPSA) is 80.7 Å². The molecule has 0 aliphatic carbocycles. The Morgan fingerprint density at radius 3 is 2.90 bits per heavy atom. The van der Waals surface area contributed by atoms with Crippen molar-refractivity contribution < 1.29 is 4.74 Å². The number of guanidine groups is 1. The van der Waals surface area contributed by atoms with Crippen molar-refractivity contribution in [1.82, 2.24) is 20.0 Å². The Morgan fingerprint density at radius 1 is 1.28 bits per heavy atom. The van der Waals surface area contributed by atoms with Gasteiger partial charge in [0.05, 0.1) is 24.4 Å². The fraction of sp³-hybridized carbons (Fsp3) is 0.524. The minimum Gasteiger partial charge on any atom is -0.493 e. The highest BCUT2D eigenvalue weighted by molar-refractivity contribution is 14.0. The average molecular weight is 510 g/mol. The predicted octanol–water partition coefficient (Wildman–Crippen LogP) is 2.85. The van der Waals surface area contributed by atoms with E-state index in [0.717, 1.165) is 30.7 Å². The quantitative estimate of drug-likeness (QED) is 0.376. The summed E-state index contributed by atoms with van der Waals surface area (Å²) in [6.07, 6.45) is 5.09. The first-order valence-corrected chi connectivity index (χ1v) is 10.1. The lowest BCUT2D eigenvalue weighted by molar-refractivity contribution is 0.119. The number of benzene rings is 1. The van der Waals surface area contributed by atoms with E-state index in [0.29, 0.717) is 31.1 Å². The maximum absolute atomic E-state index is 6.27. The highest BCUT2D eigenvalue weighted by Crippen LogP contribution is 2.35. The summed E-state index contributed by atoms with van der Waals surface area (Å²) in [5, 5.41) is 7.76. The molecule has 158 valence electrons. The molecule has 8 heteroatoms. The van der Waals surface area contributed by atoms with Crippen LogP contribution in [0.25, 0.3) is 0 Å². The average Bonchev–Trinajstić information content (AvgIpc) is 3.12. The van der Waals surface area contributed by atoms with Crippen molar-refractivity contribution in [2.24, 2.45) is 23.7 Å². The number of ether oxygens (including phenoxy) is 1. The van der Waals surface area contributed by atoms with Crippen molar-refractivity contribution in [3.05, 3.63) is 47.8 Å². The summed E-state index contributed by atoms with van der Waals surface area (Å²) in [4.78, 5) is 7.14. The molecule has 3 atom stereocenters. The third kappa shape index (κ3) is 4.85. The van der Waals surface area contributed by atoms with Gasteiger partial charge in [-0.05, 0) is 44.5 Å². The second-order valence-electron chi connectivity index (χ2n) is 7.81. The van der Waals surface area contributed by atoms with Gasteiger partial charge in [-0.3, -0.25) is 14.6 Å². The zero-order valence-electron chi connectivity index (χ0n) is 17.1. The number of rotatable bonds is 4. The molecule has 4 rings (SSSR count). The molecular formula is C21H31IN6O. The maximum atomic E-state index is 6.27. The van der Waals surface area contributed by atoms with E-state index < -0.39 is 0 Å². The van der Waals surface area contributed by atoms with Crippen LogP contribution >= 0.6 is 24.0 Å². The van der Waals surface area contributed by atoms with Crippen LogP contribution in [-0.2, 0) is 7.05 Å². The molecule has 0 saturated carbocycles. The summed E-state index contributed by atoms with van der Waals surface area (Å²) in [5.74, 6) is 1.87. The number of fused-ring (bicyclic) bond motifs is 1. The highest BCUT2D eigenvalue weighted by Gasteiger charge is 2.32. The van der Waals surface area contributed by atoms with E-state index in [-0.39, 0.29) is 30.0 Å². The smallest absolute Gasteiger partial charge is 0.189 e. The van der Waals surface area contributed by atoms with Gasteiger partial charge in [0.25, 0.3) is 0 Å². The molecule has 1 aromatic carbocycles. The van der Waals surface area contributed by atoms with Gasteiger partial charge in [-0.1, -0.05) is 18.2 Å². The SMILES string of the molecule is CN1CCC[C@@H](CN=C(N)NC2CCOc3ccccc32)[C@@H]1c1ccnn1C.I. The summed E-state index contributed by atoms with van der Waals surface area (Å²) >= 11 is 0. The van der Waals surface area contributed by atoms with Gasteiger partial charge in [-0.15, -0.1) is 24.0 Å². The van der Waals surface area contributed by atoms with Crippen LogP contribution in [0.4, 0.5) is 0 Å². The van der Waals surface area contributed by atoms with Crippen molar-refractivity contribution >= 4 is 29.9 Å². The van der Waals surface area contributed by atoms with Crippen molar-refractivity contribution in [1.29, 1.82) is 0 Å². The van der Waals surface area contributed by atoms with E-state index in [2.05, 4.69) is 34.5 Å². The lowest BCUT2D eigenvalue weighted by Crippen LogP contribution is -2.40. The van der Waals surface area contributed by atoms with Gasteiger partial charge in [0.1, 0.15) is 5.75 Å². The van der Waals surface area contributed by atoms with E-state index in [9.17, 15) is 0 Å². The Labute approximate surface area is 189 Å². The maximum Gasteiger partial charge on any atom is 0.189 e. The Bertz CT molecular complexity index is 838. The molecule has 1 saturated heterocycles. The highest BCUT2D eigenvalue weighted by atomic mass is 127. The molecule has 2 aliphatic heterocycles. The molecule has 0 spiro atoms. The number of nitrogens with two attached hydrogens (primary N) is 1. The normalized spacial score (nSPS) is 24.9. The molecule has 0 amide bonds. The van der Waals surface area contributed by atoms with Crippen LogP contribution in [0.2, 0.25) is 0 Å². The molecule has 2 aliphatic rings. The Kier molecular flexibility index (Phi) is 7.39. The zero-order chi connectivity index (χ0) is 19.5. The molecule has 1 unspecified atom stereocenters. The van der Waals surface area contributed by atoms with E-state index in [1.807, 2.05) is 36.1 Å². The van der Waals surface area contributed by atoms with Gasteiger partial charge in [-0.2, -0.15) is 5.10 Å². The third-order valence-electron chi connectivity index (χ3n) is 5.95. The first-order valence-electron chi connectivity index (χ1n) is 10.1. The summed E-state index contributed by atoms with van der Waals surface area (Å²) in [6, 6.07) is 10.7. The van der Waals surface area contributed by atoms with Gasteiger partial charge in [0.2, 0.25) is 0 Å². The largest absolute Gasteiger partial charge is 0.493 e.